The van der Waals surface area contributed by atoms with E-state index >= 15 is 0 Å². The van der Waals surface area contributed by atoms with E-state index in [2.05, 4.69) is 48.2 Å². The van der Waals surface area contributed by atoms with Gasteiger partial charge in [-0.2, -0.15) is 0 Å². The summed E-state index contributed by atoms with van der Waals surface area (Å²) in [5.74, 6) is 0.797. The quantitative estimate of drug-likeness (QED) is 0.255. The van der Waals surface area contributed by atoms with Gasteiger partial charge in [-0.15, -0.1) is 12.4 Å². The Morgan fingerprint density at radius 2 is 1.74 bits per heavy atom. The summed E-state index contributed by atoms with van der Waals surface area (Å²) in [5.41, 5.74) is 5.27. The van der Waals surface area contributed by atoms with Crippen LogP contribution in [0.25, 0.3) is 21.3 Å². The molecule has 5 rings (SSSR count). The molecule has 6 nitrogen and oxygen atoms in total. The maximum Gasteiger partial charge on any atom is 0.233 e. The third kappa shape index (κ3) is 6.53. The molecular formula is C30H34ClN3O3S. The maximum atomic E-state index is 13.7. The van der Waals surface area contributed by atoms with E-state index in [1.54, 1.807) is 18.4 Å². The summed E-state index contributed by atoms with van der Waals surface area (Å²) < 4.78 is 12.1. The number of anilines is 1. The van der Waals surface area contributed by atoms with E-state index in [0.717, 1.165) is 77.1 Å². The monoisotopic (exact) mass is 551 g/mol. The highest BCUT2D eigenvalue weighted by Gasteiger charge is 2.22. The van der Waals surface area contributed by atoms with Crippen LogP contribution in [0.15, 0.2) is 66.7 Å². The van der Waals surface area contributed by atoms with Crippen molar-refractivity contribution in [2.24, 2.45) is 0 Å². The summed E-state index contributed by atoms with van der Waals surface area (Å²) in [4.78, 5) is 22.9. The number of carbonyl (C=O) groups is 1. The van der Waals surface area contributed by atoms with Gasteiger partial charge in [0.15, 0.2) is 5.13 Å². The third-order valence-electron chi connectivity index (χ3n) is 6.82. The molecule has 1 aliphatic rings. The first-order valence-electron chi connectivity index (χ1n) is 12.8. The maximum absolute atomic E-state index is 13.7. The Morgan fingerprint density at radius 3 is 2.45 bits per heavy atom. The van der Waals surface area contributed by atoms with Gasteiger partial charge in [0.05, 0.1) is 31.4 Å². The van der Waals surface area contributed by atoms with E-state index < -0.39 is 0 Å². The minimum atomic E-state index is 0. The highest BCUT2D eigenvalue weighted by molar-refractivity contribution is 7.22. The van der Waals surface area contributed by atoms with Crippen molar-refractivity contribution in [3.8, 4) is 16.9 Å². The van der Waals surface area contributed by atoms with E-state index in [1.807, 2.05) is 35.2 Å². The zero-order valence-corrected chi connectivity index (χ0v) is 23.5. The topological polar surface area (TPSA) is 54.9 Å². The zero-order chi connectivity index (χ0) is 25.6. The first-order valence-corrected chi connectivity index (χ1v) is 13.6. The Labute approximate surface area is 234 Å². The molecule has 1 saturated heterocycles. The smallest absolute Gasteiger partial charge is 0.233 e. The normalized spacial score (nSPS) is 13.7. The molecule has 0 atom stereocenters. The minimum Gasteiger partial charge on any atom is -0.494 e. The fourth-order valence-electron chi connectivity index (χ4n) is 4.70. The molecule has 0 spiro atoms. The van der Waals surface area contributed by atoms with Gasteiger partial charge in [0, 0.05) is 26.2 Å². The molecule has 0 N–H and O–H groups in total. The van der Waals surface area contributed by atoms with Crippen LogP contribution in [0.5, 0.6) is 5.75 Å². The molecule has 2 heterocycles. The average molecular weight is 552 g/mol. The molecule has 1 aromatic heterocycles. The summed E-state index contributed by atoms with van der Waals surface area (Å²) in [5, 5.41) is 0.732. The molecule has 3 aromatic carbocycles. The number of morpholine rings is 1. The molecule has 0 saturated carbocycles. The van der Waals surface area contributed by atoms with Crippen LogP contribution in [0.4, 0.5) is 5.13 Å². The number of aromatic nitrogens is 1. The molecule has 1 fully saturated rings. The number of aryl methyl sites for hydroxylation is 1. The van der Waals surface area contributed by atoms with Gasteiger partial charge in [0.25, 0.3) is 0 Å². The number of hydrogen-bond donors (Lipinski definition) is 0. The number of halogens is 1. The van der Waals surface area contributed by atoms with Crippen molar-refractivity contribution in [2.45, 2.75) is 19.8 Å². The van der Waals surface area contributed by atoms with Crippen molar-refractivity contribution in [1.82, 2.24) is 9.88 Å². The van der Waals surface area contributed by atoms with Crippen molar-refractivity contribution in [3.05, 3.63) is 77.9 Å². The Bertz CT molecular complexity index is 1340. The lowest BCUT2D eigenvalue weighted by Crippen LogP contribution is -2.39. The molecule has 0 radical (unpaired) electrons. The second-order valence-electron chi connectivity index (χ2n) is 9.35. The van der Waals surface area contributed by atoms with Gasteiger partial charge in [0.1, 0.15) is 11.3 Å². The molecule has 1 amide bonds. The lowest BCUT2D eigenvalue weighted by molar-refractivity contribution is -0.118. The van der Waals surface area contributed by atoms with Gasteiger partial charge >= 0.3 is 0 Å². The Hall–Kier alpha value is -2.97. The van der Waals surface area contributed by atoms with E-state index in [9.17, 15) is 4.79 Å². The van der Waals surface area contributed by atoms with Gasteiger partial charge in [-0.1, -0.05) is 72.0 Å². The van der Waals surface area contributed by atoms with E-state index in [4.69, 9.17) is 14.5 Å². The van der Waals surface area contributed by atoms with E-state index in [0.29, 0.717) is 13.0 Å². The number of amides is 1. The second kappa shape index (κ2) is 13.2. The molecule has 4 aromatic rings. The summed E-state index contributed by atoms with van der Waals surface area (Å²) >= 11 is 1.57. The molecule has 8 heteroatoms. The van der Waals surface area contributed by atoms with Crippen molar-refractivity contribution < 1.29 is 14.3 Å². The highest BCUT2D eigenvalue weighted by Crippen LogP contribution is 2.36. The summed E-state index contributed by atoms with van der Waals surface area (Å²) in [6.45, 7) is 7.07. The van der Waals surface area contributed by atoms with E-state index in [1.165, 1.54) is 5.56 Å². The first-order chi connectivity index (χ1) is 18.1. The number of benzene rings is 3. The van der Waals surface area contributed by atoms with Crippen molar-refractivity contribution in [2.75, 3.05) is 51.4 Å². The van der Waals surface area contributed by atoms with Gasteiger partial charge in [-0.25, -0.2) is 4.98 Å². The molecular weight excluding hydrogens is 518 g/mol. The summed E-state index contributed by atoms with van der Waals surface area (Å²) in [7, 11) is 1.66. The van der Waals surface area contributed by atoms with Gasteiger partial charge in [-0.3, -0.25) is 14.6 Å². The molecule has 0 aliphatic carbocycles. The Balaban J connectivity index is 0.00000336. The number of carbonyl (C=O) groups excluding carboxylic acids is 1. The number of fused-ring (bicyclic) bond motifs is 1. The first kappa shape index (κ1) is 28.0. The van der Waals surface area contributed by atoms with Gasteiger partial charge < -0.3 is 9.47 Å². The molecule has 0 bridgehead atoms. The second-order valence-corrected chi connectivity index (χ2v) is 10.3. The summed E-state index contributed by atoms with van der Waals surface area (Å²) in [6.07, 6.45) is 1.21. The van der Waals surface area contributed by atoms with Crippen LogP contribution in [0, 0.1) is 6.92 Å². The third-order valence-corrected chi connectivity index (χ3v) is 8.03. The molecule has 0 unspecified atom stereocenters. The number of ether oxygens (including phenoxy) is 2. The van der Waals surface area contributed by atoms with Gasteiger partial charge in [-0.05, 0) is 41.7 Å². The fraction of sp³-hybridized carbons (Fsp3) is 0.333. The number of thiazole rings is 1. The van der Waals surface area contributed by atoms with E-state index in [-0.39, 0.29) is 18.3 Å². The highest BCUT2D eigenvalue weighted by atomic mass is 35.5. The largest absolute Gasteiger partial charge is 0.494 e. The Morgan fingerprint density at radius 1 is 1.03 bits per heavy atom. The van der Waals surface area contributed by atoms with Gasteiger partial charge in [0.2, 0.25) is 5.91 Å². The molecule has 1 aliphatic heterocycles. The standard InChI is InChI=1S/C30H33N3O3S.ClH/c1-22-9-14-26(35-2)28-29(22)37-30(31-28)33(16-6-15-32-17-19-36-20-18-32)27(34)21-23-10-12-25(13-11-23)24-7-4-3-5-8-24;/h3-5,7-14H,6,15-21H2,1-2H3;1H. The number of hydrogen-bond acceptors (Lipinski definition) is 6. The number of methoxy groups -OCH3 is 1. The van der Waals surface area contributed by atoms with Crippen LogP contribution >= 0.6 is 23.7 Å². The van der Waals surface area contributed by atoms with Crippen molar-refractivity contribution >= 4 is 45.0 Å². The van der Waals surface area contributed by atoms with Crippen LogP contribution in [0.1, 0.15) is 17.5 Å². The number of nitrogens with zero attached hydrogens (tertiary/aromatic N) is 3. The number of rotatable bonds is 9. The predicted molar refractivity (Wildman–Crippen MR) is 158 cm³/mol. The predicted octanol–water partition coefficient (Wildman–Crippen LogP) is 6.00. The molecule has 200 valence electrons. The average Bonchev–Trinajstić information content (AvgIpc) is 3.39. The molecule has 38 heavy (non-hydrogen) atoms. The lowest BCUT2D eigenvalue weighted by Gasteiger charge is -2.27. The minimum absolute atomic E-state index is 0. The SMILES string of the molecule is COc1ccc(C)c2sc(N(CCCN3CCOCC3)C(=O)Cc3ccc(-c4ccccc4)cc3)nc12.Cl. The summed E-state index contributed by atoms with van der Waals surface area (Å²) in [6, 6.07) is 22.6. The van der Waals surface area contributed by atoms with Crippen LogP contribution in [-0.4, -0.2) is 62.3 Å². The van der Waals surface area contributed by atoms with Crippen LogP contribution in [-0.2, 0) is 16.0 Å². The van der Waals surface area contributed by atoms with Crippen molar-refractivity contribution in [3.63, 3.8) is 0 Å². The van der Waals surface area contributed by atoms with Crippen LogP contribution in [0.2, 0.25) is 0 Å². The van der Waals surface area contributed by atoms with Crippen LogP contribution in [0.3, 0.4) is 0 Å². The van der Waals surface area contributed by atoms with Crippen LogP contribution < -0.4 is 9.64 Å². The lowest BCUT2D eigenvalue weighted by atomic mass is 10.0. The van der Waals surface area contributed by atoms with Crippen molar-refractivity contribution in [1.29, 1.82) is 0 Å². The Kier molecular flexibility index (Phi) is 9.74. The fourth-order valence-corrected chi connectivity index (χ4v) is 5.79. The zero-order valence-electron chi connectivity index (χ0n) is 21.9.